The van der Waals surface area contributed by atoms with Crippen LogP contribution in [0.15, 0.2) is 45.8 Å². The first-order valence-corrected chi connectivity index (χ1v) is 18.2. The van der Waals surface area contributed by atoms with Gasteiger partial charge in [0.15, 0.2) is 0 Å². The number of ether oxygens (including phenoxy) is 4. The summed E-state index contributed by atoms with van der Waals surface area (Å²) in [5.74, 6) is 2.19. The summed E-state index contributed by atoms with van der Waals surface area (Å²) in [5, 5.41) is 0. The lowest BCUT2D eigenvalue weighted by Crippen LogP contribution is -2.26. The Kier molecular flexibility index (Phi) is 11.5. The number of halogens is 1. The number of rotatable bonds is 7. The molecule has 9 heteroatoms. The molecule has 0 bridgehead atoms. The maximum Gasteiger partial charge on any atom is 0.253 e. The van der Waals surface area contributed by atoms with Crippen LogP contribution in [0.2, 0.25) is 0 Å². The average molecular weight is 721 g/mol. The minimum absolute atomic E-state index is 0.0122. The van der Waals surface area contributed by atoms with Gasteiger partial charge < -0.3 is 23.5 Å². The molecule has 256 valence electrons. The van der Waals surface area contributed by atoms with Gasteiger partial charge >= 0.3 is 0 Å². The highest BCUT2D eigenvalue weighted by atomic mass is 79.9. The normalized spacial score (nSPS) is 20.6. The molecule has 7 rings (SSSR count). The topological polar surface area (TPSA) is 93.1 Å². The number of fused-ring (bicyclic) bond motifs is 2. The van der Waals surface area contributed by atoms with Crippen molar-refractivity contribution in [2.24, 2.45) is 7.05 Å². The van der Waals surface area contributed by atoms with Crippen LogP contribution >= 0.6 is 15.9 Å². The Balaban J connectivity index is 0.000000177. The van der Waals surface area contributed by atoms with Crippen LogP contribution in [0.5, 0.6) is 11.5 Å². The van der Waals surface area contributed by atoms with E-state index < -0.39 is 0 Å². The third kappa shape index (κ3) is 8.65. The SMILES string of the molecule is Cc1cc(-c2cc3c(c(OCC4CCCCO4)c2)CC(=O)CC3)cn(C)c1=O.O=C1CCc2cc(Br)cc(OCC3CCCCO3)c2C1. The number of aromatic nitrogens is 1. The minimum atomic E-state index is 0.0122. The van der Waals surface area contributed by atoms with Crippen LogP contribution in [-0.2, 0) is 51.8 Å². The molecule has 4 aliphatic rings. The lowest BCUT2D eigenvalue weighted by Gasteiger charge is -2.25. The highest BCUT2D eigenvalue weighted by Crippen LogP contribution is 2.35. The van der Waals surface area contributed by atoms with Crippen LogP contribution in [0.3, 0.4) is 0 Å². The molecular formula is C39H46BrNO7. The lowest BCUT2D eigenvalue weighted by molar-refractivity contribution is -0.119. The smallest absolute Gasteiger partial charge is 0.253 e. The number of Topliss-reactive ketones (excluding diaryl/α,β-unsaturated/α-hetero) is 2. The number of ketones is 2. The molecule has 8 nitrogen and oxygen atoms in total. The van der Waals surface area contributed by atoms with Gasteiger partial charge in [-0.1, -0.05) is 22.0 Å². The Bertz CT molecular complexity index is 1680. The number of hydrogen-bond donors (Lipinski definition) is 0. The van der Waals surface area contributed by atoms with Gasteiger partial charge in [-0.3, -0.25) is 14.4 Å². The van der Waals surface area contributed by atoms with Crippen molar-refractivity contribution in [2.45, 2.75) is 96.2 Å². The Hall–Kier alpha value is -3.27. The number of aryl methyl sites for hydroxylation is 4. The lowest BCUT2D eigenvalue weighted by atomic mass is 9.87. The number of benzene rings is 2. The van der Waals surface area contributed by atoms with Crippen molar-refractivity contribution in [2.75, 3.05) is 26.4 Å². The van der Waals surface area contributed by atoms with Crippen LogP contribution in [0.1, 0.15) is 79.2 Å². The van der Waals surface area contributed by atoms with Crippen molar-refractivity contribution in [3.8, 4) is 22.6 Å². The van der Waals surface area contributed by atoms with Crippen LogP contribution in [0.4, 0.5) is 0 Å². The standard InChI is InChI=1S/C23H27NO4.C16H19BrO3/c1-15-9-18(13-24(2)23(15)26)17-10-16-6-7-19(25)12-21(16)22(11-17)28-14-20-5-3-4-8-27-20;17-12-7-11-4-5-13(18)9-15(11)16(8-12)20-10-14-3-1-2-6-19-14/h9-11,13,20H,3-8,12,14H2,1-2H3;7-8,14H,1-6,9-10H2. The molecule has 2 atom stereocenters. The van der Waals surface area contributed by atoms with E-state index in [1.165, 1.54) is 24.0 Å². The van der Waals surface area contributed by atoms with Gasteiger partial charge in [0.2, 0.25) is 0 Å². The molecule has 2 aliphatic carbocycles. The summed E-state index contributed by atoms with van der Waals surface area (Å²) in [6, 6.07) is 10.2. The second-order valence-electron chi connectivity index (χ2n) is 13.5. The van der Waals surface area contributed by atoms with Gasteiger partial charge in [0.05, 0.1) is 12.2 Å². The van der Waals surface area contributed by atoms with Crippen molar-refractivity contribution < 1.29 is 28.5 Å². The second kappa shape index (κ2) is 16.0. The number of pyridine rings is 1. The van der Waals surface area contributed by atoms with E-state index >= 15 is 0 Å². The van der Waals surface area contributed by atoms with E-state index in [0.717, 1.165) is 90.0 Å². The molecule has 48 heavy (non-hydrogen) atoms. The van der Waals surface area contributed by atoms with E-state index in [9.17, 15) is 14.4 Å². The second-order valence-corrected chi connectivity index (χ2v) is 14.4. The van der Waals surface area contributed by atoms with Crippen molar-refractivity contribution in [3.05, 3.63) is 79.2 Å². The van der Waals surface area contributed by atoms with E-state index in [-0.39, 0.29) is 23.6 Å². The number of hydrogen-bond acceptors (Lipinski definition) is 7. The molecule has 0 amide bonds. The van der Waals surface area contributed by atoms with Crippen LogP contribution < -0.4 is 15.0 Å². The molecule has 2 unspecified atom stereocenters. The fourth-order valence-electron chi connectivity index (χ4n) is 7.04. The molecule has 2 fully saturated rings. The maximum absolute atomic E-state index is 12.1. The predicted octanol–water partition coefficient (Wildman–Crippen LogP) is 6.82. The summed E-state index contributed by atoms with van der Waals surface area (Å²) >= 11 is 3.53. The summed E-state index contributed by atoms with van der Waals surface area (Å²) in [6.45, 7) is 4.55. The molecule has 2 aromatic carbocycles. The zero-order chi connectivity index (χ0) is 33.6. The Morgan fingerprint density at radius 2 is 1.29 bits per heavy atom. The molecule has 0 radical (unpaired) electrons. The van der Waals surface area contributed by atoms with Crippen LogP contribution in [0.25, 0.3) is 11.1 Å². The predicted molar refractivity (Wildman–Crippen MR) is 188 cm³/mol. The molecule has 3 heterocycles. The molecule has 2 aliphatic heterocycles. The summed E-state index contributed by atoms with van der Waals surface area (Å²) in [4.78, 5) is 35.8. The van der Waals surface area contributed by atoms with Crippen molar-refractivity contribution in [1.29, 1.82) is 0 Å². The van der Waals surface area contributed by atoms with Crippen molar-refractivity contribution in [3.63, 3.8) is 0 Å². The van der Waals surface area contributed by atoms with Gasteiger partial charge in [-0.05, 0) is 105 Å². The fourth-order valence-corrected chi connectivity index (χ4v) is 7.52. The minimum Gasteiger partial charge on any atom is -0.491 e. The number of carbonyl (C=O) groups excluding carboxylic acids is 2. The van der Waals surface area contributed by atoms with Gasteiger partial charge in [0.1, 0.15) is 36.3 Å². The number of nitrogens with zero attached hydrogens (tertiary/aromatic N) is 1. The molecule has 0 saturated carbocycles. The third-order valence-corrected chi connectivity index (χ3v) is 10.2. The van der Waals surface area contributed by atoms with E-state index in [0.29, 0.717) is 50.2 Å². The molecule has 3 aromatic rings. The summed E-state index contributed by atoms with van der Waals surface area (Å²) < 4.78 is 26.3. The highest BCUT2D eigenvalue weighted by molar-refractivity contribution is 9.10. The third-order valence-electron chi connectivity index (χ3n) is 9.75. The maximum atomic E-state index is 12.1. The molecule has 1 aromatic heterocycles. The zero-order valence-corrected chi connectivity index (χ0v) is 29.7. The quantitative estimate of drug-likeness (QED) is 0.265. The monoisotopic (exact) mass is 719 g/mol. The van der Waals surface area contributed by atoms with Crippen molar-refractivity contribution >= 4 is 27.5 Å². The summed E-state index contributed by atoms with van der Waals surface area (Å²) in [6.07, 6.45) is 12.6. The van der Waals surface area contributed by atoms with Gasteiger partial charge in [-0.25, -0.2) is 0 Å². The summed E-state index contributed by atoms with van der Waals surface area (Å²) in [5.41, 5.74) is 7.22. The summed E-state index contributed by atoms with van der Waals surface area (Å²) in [7, 11) is 1.77. The average Bonchev–Trinajstić information content (AvgIpc) is 3.09. The van der Waals surface area contributed by atoms with Gasteiger partial charge in [0.25, 0.3) is 5.56 Å². The van der Waals surface area contributed by atoms with E-state index in [4.69, 9.17) is 18.9 Å². The van der Waals surface area contributed by atoms with E-state index in [1.807, 2.05) is 31.3 Å². The first-order chi connectivity index (χ1) is 23.2. The van der Waals surface area contributed by atoms with Gasteiger partial charge in [0, 0.05) is 73.3 Å². The van der Waals surface area contributed by atoms with Crippen LogP contribution in [0, 0.1) is 6.92 Å². The molecular weight excluding hydrogens is 674 g/mol. The Morgan fingerprint density at radius 1 is 0.729 bits per heavy atom. The first kappa shape index (κ1) is 34.6. The van der Waals surface area contributed by atoms with Crippen molar-refractivity contribution in [1.82, 2.24) is 4.57 Å². The Labute approximate surface area is 291 Å². The number of carbonyl (C=O) groups is 2. The molecule has 0 spiro atoms. The van der Waals surface area contributed by atoms with Gasteiger partial charge in [-0.2, -0.15) is 0 Å². The first-order valence-electron chi connectivity index (χ1n) is 17.4. The van der Waals surface area contributed by atoms with E-state index in [2.05, 4.69) is 28.1 Å². The van der Waals surface area contributed by atoms with E-state index in [1.54, 1.807) is 11.6 Å². The van der Waals surface area contributed by atoms with Gasteiger partial charge in [-0.15, -0.1) is 0 Å². The highest BCUT2D eigenvalue weighted by Gasteiger charge is 2.24. The Morgan fingerprint density at radius 3 is 1.83 bits per heavy atom. The molecule has 0 N–H and O–H groups in total. The zero-order valence-electron chi connectivity index (χ0n) is 28.1. The molecule has 2 saturated heterocycles. The van der Waals surface area contributed by atoms with Crippen LogP contribution in [-0.4, -0.2) is 54.8 Å². The fraction of sp³-hybridized carbons (Fsp3) is 0.513. The largest absolute Gasteiger partial charge is 0.491 e.